The summed E-state index contributed by atoms with van der Waals surface area (Å²) in [5.74, 6) is 0.412. The van der Waals surface area contributed by atoms with Crippen LogP contribution in [-0.2, 0) is 0 Å². The largest absolute Gasteiger partial charge is 0.192 e. The summed E-state index contributed by atoms with van der Waals surface area (Å²) in [6, 6.07) is 10.2. The van der Waals surface area contributed by atoms with Gasteiger partial charge in [0.25, 0.3) is 0 Å². The lowest BCUT2D eigenvalue weighted by molar-refractivity contribution is 0.542. The minimum atomic E-state index is 0.412. The first-order valence-corrected chi connectivity index (χ1v) is 5.49. The summed E-state index contributed by atoms with van der Waals surface area (Å²) >= 11 is 0. The molecule has 1 heteroatoms. The van der Waals surface area contributed by atoms with Crippen LogP contribution in [0.4, 0.5) is 0 Å². The van der Waals surface area contributed by atoms with Gasteiger partial charge in [-0.15, -0.1) is 0 Å². The molecule has 0 heterocycles. The lowest BCUT2D eigenvalue weighted by atomic mass is 9.79. The van der Waals surface area contributed by atoms with E-state index < -0.39 is 0 Å². The normalized spacial score (nSPS) is 21.0. The Morgan fingerprint density at radius 2 is 2.07 bits per heavy atom. The van der Waals surface area contributed by atoms with Crippen molar-refractivity contribution in [2.24, 2.45) is 0 Å². The lowest BCUT2D eigenvalue weighted by Gasteiger charge is -2.25. The van der Waals surface area contributed by atoms with Crippen molar-refractivity contribution >= 4 is 0 Å². The smallest absolute Gasteiger partial charge is 0.0994 e. The highest BCUT2D eigenvalue weighted by molar-refractivity contribution is 5.43. The number of hydrogen-bond donors (Lipinski definition) is 0. The molecule has 1 saturated carbocycles. The molecule has 1 unspecified atom stereocenters. The van der Waals surface area contributed by atoms with E-state index >= 15 is 0 Å². The summed E-state index contributed by atoms with van der Waals surface area (Å²) in [5.41, 5.74) is 3.28. The van der Waals surface area contributed by atoms with E-state index in [0.29, 0.717) is 5.92 Å². The average molecular weight is 197 g/mol. The zero-order chi connectivity index (χ0) is 10.7. The highest BCUT2D eigenvalue weighted by Crippen LogP contribution is 2.37. The number of allylic oxidation sites excluding steroid dienone is 1. The van der Waals surface area contributed by atoms with E-state index in [-0.39, 0.29) is 0 Å². The van der Waals surface area contributed by atoms with Crippen molar-refractivity contribution in [3.63, 3.8) is 0 Å². The first-order valence-electron chi connectivity index (χ1n) is 5.49. The van der Waals surface area contributed by atoms with E-state index in [0.717, 1.165) is 18.4 Å². The molecule has 0 radical (unpaired) electrons. The molecule has 1 aromatic rings. The molecule has 2 rings (SSSR count). The van der Waals surface area contributed by atoms with E-state index in [9.17, 15) is 0 Å². The Bertz CT molecular complexity index is 412. The van der Waals surface area contributed by atoms with Crippen LogP contribution in [0.5, 0.6) is 0 Å². The van der Waals surface area contributed by atoms with Crippen molar-refractivity contribution in [3.05, 3.63) is 47.5 Å². The predicted molar refractivity (Wildman–Crippen MR) is 61.5 cm³/mol. The molecule has 0 saturated heterocycles. The van der Waals surface area contributed by atoms with E-state index in [1.807, 2.05) is 18.2 Å². The fourth-order valence-corrected chi connectivity index (χ4v) is 2.36. The molecule has 1 atom stereocenters. The highest BCUT2D eigenvalue weighted by Gasteiger charge is 2.20. The Kier molecular flexibility index (Phi) is 2.87. The number of rotatable bonds is 1. The molecule has 0 N–H and O–H groups in total. The zero-order valence-electron chi connectivity index (χ0n) is 8.87. The first-order chi connectivity index (χ1) is 7.33. The SMILES string of the molecule is C=C1CCCCC1c1ccccc1C#N. The molecule has 15 heavy (non-hydrogen) atoms. The van der Waals surface area contributed by atoms with Gasteiger partial charge in [-0.05, 0) is 30.9 Å². The monoisotopic (exact) mass is 197 g/mol. The van der Waals surface area contributed by atoms with E-state index in [4.69, 9.17) is 5.26 Å². The minimum absolute atomic E-state index is 0.412. The van der Waals surface area contributed by atoms with Crippen molar-refractivity contribution in [1.29, 1.82) is 5.26 Å². The van der Waals surface area contributed by atoms with E-state index in [2.05, 4.69) is 18.7 Å². The van der Waals surface area contributed by atoms with Crippen LogP contribution in [0.3, 0.4) is 0 Å². The molecule has 1 aromatic carbocycles. The summed E-state index contributed by atoms with van der Waals surface area (Å²) in [5, 5.41) is 9.06. The first kappa shape index (κ1) is 9.98. The molecule has 0 bridgehead atoms. The third-order valence-electron chi connectivity index (χ3n) is 3.19. The van der Waals surface area contributed by atoms with Crippen LogP contribution in [-0.4, -0.2) is 0 Å². The Hall–Kier alpha value is -1.55. The molecule has 1 aliphatic rings. The second-order valence-corrected chi connectivity index (χ2v) is 4.16. The van der Waals surface area contributed by atoms with E-state index in [1.54, 1.807) is 0 Å². The van der Waals surface area contributed by atoms with Gasteiger partial charge in [0.1, 0.15) is 0 Å². The molecule has 0 aromatic heterocycles. The van der Waals surface area contributed by atoms with Gasteiger partial charge in [-0.25, -0.2) is 0 Å². The topological polar surface area (TPSA) is 23.8 Å². The van der Waals surface area contributed by atoms with Gasteiger partial charge in [0.15, 0.2) is 0 Å². The molecular formula is C14H15N. The summed E-state index contributed by atoms with van der Waals surface area (Å²) in [6.45, 7) is 4.14. The van der Waals surface area contributed by atoms with E-state index in [1.165, 1.54) is 24.0 Å². The van der Waals surface area contributed by atoms with Gasteiger partial charge >= 0.3 is 0 Å². The van der Waals surface area contributed by atoms with Crippen molar-refractivity contribution in [3.8, 4) is 6.07 Å². The van der Waals surface area contributed by atoms with Crippen LogP contribution < -0.4 is 0 Å². The van der Waals surface area contributed by atoms with Gasteiger partial charge in [-0.3, -0.25) is 0 Å². The van der Waals surface area contributed by atoms with Crippen LogP contribution in [0.2, 0.25) is 0 Å². The van der Waals surface area contributed by atoms with Gasteiger partial charge in [0, 0.05) is 5.92 Å². The fraction of sp³-hybridized carbons (Fsp3) is 0.357. The number of benzene rings is 1. The predicted octanol–water partition coefficient (Wildman–Crippen LogP) is 3.77. The maximum atomic E-state index is 9.06. The molecule has 1 nitrogen and oxygen atoms in total. The van der Waals surface area contributed by atoms with Gasteiger partial charge in [0.05, 0.1) is 11.6 Å². The van der Waals surface area contributed by atoms with Crippen molar-refractivity contribution in [2.45, 2.75) is 31.6 Å². The molecule has 1 fully saturated rings. The Morgan fingerprint density at radius 3 is 2.80 bits per heavy atom. The van der Waals surface area contributed by atoms with Crippen LogP contribution >= 0.6 is 0 Å². The Labute approximate surface area is 91.0 Å². The number of hydrogen-bond acceptors (Lipinski definition) is 1. The van der Waals surface area contributed by atoms with Crippen LogP contribution in [0.15, 0.2) is 36.4 Å². The average Bonchev–Trinajstić information content (AvgIpc) is 2.30. The maximum absolute atomic E-state index is 9.06. The standard InChI is InChI=1S/C14H15N/c1-11-6-2-4-8-13(11)14-9-5-3-7-12(14)10-15/h3,5,7,9,13H,1-2,4,6,8H2. The molecule has 0 aliphatic heterocycles. The fourth-order valence-electron chi connectivity index (χ4n) is 2.36. The van der Waals surface area contributed by atoms with Crippen LogP contribution in [0, 0.1) is 11.3 Å². The third-order valence-corrected chi connectivity index (χ3v) is 3.19. The van der Waals surface area contributed by atoms with Gasteiger partial charge in [-0.2, -0.15) is 5.26 Å². The summed E-state index contributed by atoms with van der Waals surface area (Å²) in [7, 11) is 0. The van der Waals surface area contributed by atoms with Crippen molar-refractivity contribution < 1.29 is 0 Å². The van der Waals surface area contributed by atoms with Gasteiger partial charge < -0.3 is 0 Å². The second kappa shape index (κ2) is 4.31. The second-order valence-electron chi connectivity index (χ2n) is 4.16. The van der Waals surface area contributed by atoms with Gasteiger partial charge in [-0.1, -0.05) is 36.8 Å². The summed E-state index contributed by atoms with van der Waals surface area (Å²) in [6.07, 6.45) is 4.77. The minimum Gasteiger partial charge on any atom is -0.192 e. The molecule has 0 spiro atoms. The summed E-state index contributed by atoms with van der Waals surface area (Å²) < 4.78 is 0. The summed E-state index contributed by atoms with van der Waals surface area (Å²) in [4.78, 5) is 0. The Morgan fingerprint density at radius 1 is 1.27 bits per heavy atom. The highest BCUT2D eigenvalue weighted by atomic mass is 14.3. The zero-order valence-corrected chi connectivity index (χ0v) is 8.87. The van der Waals surface area contributed by atoms with Crippen LogP contribution in [0.25, 0.3) is 0 Å². The maximum Gasteiger partial charge on any atom is 0.0994 e. The van der Waals surface area contributed by atoms with Gasteiger partial charge in [0.2, 0.25) is 0 Å². The number of nitrogens with zero attached hydrogens (tertiary/aromatic N) is 1. The van der Waals surface area contributed by atoms with Crippen LogP contribution in [0.1, 0.15) is 42.7 Å². The Balaban J connectivity index is 2.36. The molecule has 1 aliphatic carbocycles. The molecule has 0 amide bonds. The quantitative estimate of drug-likeness (QED) is 0.629. The number of nitriles is 1. The third kappa shape index (κ3) is 1.94. The lowest BCUT2D eigenvalue weighted by Crippen LogP contribution is -2.08. The van der Waals surface area contributed by atoms with Crippen molar-refractivity contribution in [1.82, 2.24) is 0 Å². The van der Waals surface area contributed by atoms with Crippen molar-refractivity contribution in [2.75, 3.05) is 0 Å². The molecular weight excluding hydrogens is 182 g/mol. The molecule has 76 valence electrons.